The molecule has 2 heterocycles. The monoisotopic (exact) mass is 372 g/mol. The first-order chi connectivity index (χ1) is 12.5. The molecule has 2 fully saturated rings. The summed E-state index contributed by atoms with van der Waals surface area (Å²) in [6.45, 7) is 4.07. The molecule has 4 rings (SSSR count). The quantitative estimate of drug-likeness (QED) is 0.606. The van der Waals surface area contributed by atoms with Crippen LogP contribution in [0.5, 0.6) is 0 Å². The van der Waals surface area contributed by atoms with Crippen LogP contribution in [-0.4, -0.2) is 53.6 Å². The second kappa shape index (κ2) is 6.99. The fourth-order valence-electron chi connectivity index (χ4n) is 4.44. The van der Waals surface area contributed by atoms with E-state index >= 15 is 0 Å². The molecule has 1 aromatic heterocycles. The number of carbonyl (C=O) groups excluding carboxylic acids is 3. The largest absolute Gasteiger partial charge is 0.341 e. The Bertz CT molecular complexity index is 769. The summed E-state index contributed by atoms with van der Waals surface area (Å²) >= 11 is 1.26. The van der Waals surface area contributed by atoms with Gasteiger partial charge in [-0.15, -0.1) is 11.3 Å². The Balaban J connectivity index is 1.38. The third-order valence-corrected chi connectivity index (χ3v) is 7.03. The molecule has 1 aliphatic heterocycles. The van der Waals surface area contributed by atoms with E-state index < -0.39 is 0 Å². The van der Waals surface area contributed by atoms with Gasteiger partial charge in [0.1, 0.15) is 0 Å². The van der Waals surface area contributed by atoms with Gasteiger partial charge < -0.3 is 9.80 Å². The van der Waals surface area contributed by atoms with Gasteiger partial charge in [0.25, 0.3) is 5.91 Å². The van der Waals surface area contributed by atoms with E-state index in [1.165, 1.54) is 18.3 Å². The van der Waals surface area contributed by atoms with Crippen LogP contribution in [0.25, 0.3) is 0 Å². The van der Waals surface area contributed by atoms with Crippen molar-refractivity contribution in [1.82, 2.24) is 9.80 Å². The molecular weight excluding hydrogens is 348 g/mol. The average Bonchev–Trinajstić information content (AvgIpc) is 3.34. The Hall–Kier alpha value is -1.95. The van der Waals surface area contributed by atoms with Crippen LogP contribution in [0, 0.1) is 17.8 Å². The van der Waals surface area contributed by atoms with Crippen molar-refractivity contribution < 1.29 is 14.4 Å². The summed E-state index contributed by atoms with van der Waals surface area (Å²) < 4.78 is 0. The van der Waals surface area contributed by atoms with E-state index in [0.717, 1.165) is 25.8 Å². The zero-order valence-electron chi connectivity index (χ0n) is 15.0. The molecule has 6 heteroatoms. The first-order valence-corrected chi connectivity index (χ1v) is 10.2. The lowest BCUT2D eigenvalue weighted by Gasteiger charge is -2.27. The standard InChI is InChI=1S/C20H24N2O3S/c1-13(23)17-5-6-18(26-17)20(25)22-8-2-7-21(9-10-22)19(24)16-12-14-3-4-15(16)11-14/h3-6,14-16H,2,7-12H2,1H3/t14-,15+,16+/m1/s1. The van der Waals surface area contributed by atoms with E-state index in [2.05, 4.69) is 12.2 Å². The predicted molar refractivity (Wildman–Crippen MR) is 100 cm³/mol. The van der Waals surface area contributed by atoms with Gasteiger partial charge >= 0.3 is 0 Å². The lowest BCUT2D eigenvalue weighted by Crippen LogP contribution is -2.40. The lowest BCUT2D eigenvalue weighted by molar-refractivity contribution is -0.136. The highest BCUT2D eigenvalue weighted by Gasteiger charge is 2.41. The summed E-state index contributed by atoms with van der Waals surface area (Å²) in [6.07, 6.45) is 7.40. The Morgan fingerprint density at radius 1 is 0.962 bits per heavy atom. The maximum absolute atomic E-state index is 12.9. The number of allylic oxidation sites excluding steroid dienone is 2. The molecule has 26 heavy (non-hydrogen) atoms. The molecule has 0 N–H and O–H groups in total. The van der Waals surface area contributed by atoms with Crippen molar-refractivity contribution in [2.45, 2.75) is 26.2 Å². The number of hydrogen-bond acceptors (Lipinski definition) is 4. The summed E-state index contributed by atoms with van der Waals surface area (Å²) in [7, 11) is 0. The van der Waals surface area contributed by atoms with Crippen LogP contribution in [0.1, 0.15) is 45.5 Å². The first kappa shape index (κ1) is 17.5. The minimum Gasteiger partial charge on any atom is -0.341 e. The average molecular weight is 372 g/mol. The van der Waals surface area contributed by atoms with Gasteiger partial charge in [0.05, 0.1) is 9.75 Å². The normalized spacial score (nSPS) is 27.7. The molecule has 3 aliphatic rings. The Morgan fingerprint density at radius 2 is 1.69 bits per heavy atom. The number of ketones is 1. The molecule has 0 radical (unpaired) electrons. The summed E-state index contributed by atoms with van der Waals surface area (Å²) in [5, 5.41) is 0. The van der Waals surface area contributed by atoms with Crippen molar-refractivity contribution in [1.29, 1.82) is 0 Å². The van der Waals surface area contributed by atoms with E-state index in [4.69, 9.17) is 0 Å². The van der Waals surface area contributed by atoms with Gasteiger partial charge in [-0.2, -0.15) is 0 Å². The number of nitrogens with zero attached hydrogens (tertiary/aromatic N) is 2. The number of hydrogen-bond donors (Lipinski definition) is 0. The number of rotatable bonds is 3. The van der Waals surface area contributed by atoms with E-state index in [-0.39, 0.29) is 23.5 Å². The van der Waals surface area contributed by atoms with Crippen molar-refractivity contribution in [2.75, 3.05) is 26.2 Å². The second-order valence-electron chi connectivity index (χ2n) is 7.58. The van der Waals surface area contributed by atoms with Crippen molar-refractivity contribution in [2.24, 2.45) is 17.8 Å². The highest BCUT2D eigenvalue weighted by Crippen LogP contribution is 2.44. The predicted octanol–water partition coefficient (Wildman–Crippen LogP) is 2.84. The maximum Gasteiger partial charge on any atom is 0.264 e. The van der Waals surface area contributed by atoms with Gasteiger partial charge in [-0.3, -0.25) is 14.4 Å². The zero-order chi connectivity index (χ0) is 18.3. The molecule has 1 aromatic rings. The molecule has 138 valence electrons. The first-order valence-electron chi connectivity index (χ1n) is 9.40. The molecule has 2 amide bonds. The highest BCUT2D eigenvalue weighted by atomic mass is 32.1. The molecule has 0 aromatic carbocycles. The number of amides is 2. The van der Waals surface area contributed by atoms with Gasteiger partial charge in [0, 0.05) is 32.1 Å². The molecule has 3 atom stereocenters. The van der Waals surface area contributed by atoms with Crippen LogP contribution < -0.4 is 0 Å². The summed E-state index contributed by atoms with van der Waals surface area (Å²) in [6, 6.07) is 3.45. The van der Waals surface area contributed by atoms with Crippen molar-refractivity contribution in [3.63, 3.8) is 0 Å². The van der Waals surface area contributed by atoms with E-state index in [9.17, 15) is 14.4 Å². The maximum atomic E-state index is 12.9. The zero-order valence-corrected chi connectivity index (χ0v) is 15.8. The summed E-state index contributed by atoms with van der Waals surface area (Å²) in [5.41, 5.74) is 0. The van der Waals surface area contributed by atoms with Crippen molar-refractivity contribution in [3.8, 4) is 0 Å². The van der Waals surface area contributed by atoms with Crippen LogP contribution in [0.3, 0.4) is 0 Å². The summed E-state index contributed by atoms with van der Waals surface area (Å²) in [4.78, 5) is 42.1. The van der Waals surface area contributed by atoms with Gasteiger partial charge in [-0.1, -0.05) is 12.2 Å². The van der Waals surface area contributed by atoms with E-state index in [0.29, 0.717) is 41.2 Å². The summed E-state index contributed by atoms with van der Waals surface area (Å²) in [5.74, 6) is 1.38. The molecule has 1 saturated heterocycles. The molecule has 0 spiro atoms. The van der Waals surface area contributed by atoms with Crippen LogP contribution in [0.15, 0.2) is 24.3 Å². The van der Waals surface area contributed by atoms with Crippen molar-refractivity contribution in [3.05, 3.63) is 34.0 Å². The number of fused-ring (bicyclic) bond motifs is 2. The minimum absolute atomic E-state index is 0.0124. The minimum atomic E-state index is -0.0281. The van der Waals surface area contributed by atoms with Gasteiger partial charge in [-0.05, 0) is 50.2 Å². The third-order valence-electron chi connectivity index (χ3n) is 5.85. The van der Waals surface area contributed by atoms with Crippen LogP contribution in [0.4, 0.5) is 0 Å². The van der Waals surface area contributed by atoms with Gasteiger partial charge in [0.15, 0.2) is 5.78 Å². The highest BCUT2D eigenvalue weighted by molar-refractivity contribution is 7.15. The van der Waals surface area contributed by atoms with Gasteiger partial charge in [0.2, 0.25) is 5.91 Å². The van der Waals surface area contributed by atoms with E-state index in [1.807, 2.05) is 9.80 Å². The van der Waals surface area contributed by atoms with Crippen LogP contribution in [-0.2, 0) is 4.79 Å². The second-order valence-corrected chi connectivity index (χ2v) is 8.66. The molecule has 0 unspecified atom stereocenters. The molecule has 5 nitrogen and oxygen atoms in total. The third kappa shape index (κ3) is 3.22. The van der Waals surface area contributed by atoms with Crippen LogP contribution in [0.2, 0.25) is 0 Å². The van der Waals surface area contributed by atoms with Crippen LogP contribution >= 0.6 is 11.3 Å². The molecular formula is C20H24N2O3S. The Labute approximate surface area is 157 Å². The topological polar surface area (TPSA) is 57.7 Å². The van der Waals surface area contributed by atoms with Gasteiger partial charge in [-0.25, -0.2) is 0 Å². The Kier molecular flexibility index (Phi) is 4.69. The fourth-order valence-corrected chi connectivity index (χ4v) is 5.31. The number of Topliss-reactive ketones (excluding diaryl/α,β-unsaturated/α-hetero) is 1. The SMILES string of the molecule is CC(=O)c1ccc(C(=O)N2CCCN(C(=O)[C@H]3C[C@@H]4C=C[C@H]3C4)CC2)s1. The van der Waals surface area contributed by atoms with E-state index in [1.54, 1.807) is 12.1 Å². The fraction of sp³-hybridized carbons (Fsp3) is 0.550. The molecule has 2 bridgehead atoms. The number of thiophene rings is 1. The van der Waals surface area contributed by atoms with Crippen molar-refractivity contribution >= 4 is 28.9 Å². The lowest BCUT2D eigenvalue weighted by atomic mass is 9.92. The smallest absolute Gasteiger partial charge is 0.264 e. The number of carbonyl (C=O) groups is 3. The molecule has 1 saturated carbocycles. The molecule has 2 aliphatic carbocycles. The Morgan fingerprint density at radius 3 is 2.35 bits per heavy atom.